The van der Waals surface area contributed by atoms with E-state index in [0.29, 0.717) is 35.2 Å². The molecule has 1 aromatic heterocycles. The van der Waals surface area contributed by atoms with Crippen molar-refractivity contribution in [2.75, 3.05) is 49.5 Å². The number of piperazine rings is 1. The van der Waals surface area contributed by atoms with E-state index in [0.717, 1.165) is 32.5 Å². The van der Waals surface area contributed by atoms with Gasteiger partial charge in [-0.25, -0.2) is 8.42 Å². The van der Waals surface area contributed by atoms with Gasteiger partial charge in [0.25, 0.3) is 5.56 Å². The molecule has 0 unspecified atom stereocenters. The van der Waals surface area contributed by atoms with Gasteiger partial charge in [-0.3, -0.25) is 9.69 Å². The highest BCUT2D eigenvalue weighted by Crippen LogP contribution is 2.31. The molecule has 2 saturated heterocycles. The van der Waals surface area contributed by atoms with E-state index in [-0.39, 0.29) is 34.6 Å². The molecule has 0 saturated carbocycles. The topological polar surface area (TPSA) is 90.8 Å². The van der Waals surface area contributed by atoms with E-state index < -0.39 is 10.0 Å². The van der Waals surface area contributed by atoms with Crippen LogP contribution in [0.15, 0.2) is 94.7 Å². The Hall–Kier alpha value is -3.41. The lowest BCUT2D eigenvalue weighted by atomic mass is 10.0. The van der Waals surface area contributed by atoms with Gasteiger partial charge < -0.3 is 10.2 Å². The lowest BCUT2D eigenvalue weighted by Crippen LogP contribution is -2.49. The number of anilines is 2. The SMILES string of the molecule is O=c1c(NC2CCN(Cc3ccccc3)CC2)c(N2CCN(S(=O)(=O)c3cc(Cl)ccc3Cl)CC2)cnn1-c1ccccc1. The molecule has 9 nitrogen and oxygen atoms in total. The number of hydrogen-bond donors (Lipinski definition) is 1. The average molecular weight is 654 g/mol. The molecule has 0 atom stereocenters. The average Bonchev–Trinajstić information content (AvgIpc) is 3.05. The summed E-state index contributed by atoms with van der Waals surface area (Å²) in [5.41, 5.74) is 2.89. The third-order valence-electron chi connectivity index (χ3n) is 8.23. The zero-order valence-corrected chi connectivity index (χ0v) is 26.5. The molecule has 0 spiro atoms. The van der Waals surface area contributed by atoms with E-state index >= 15 is 0 Å². The van der Waals surface area contributed by atoms with Crippen molar-refractivity contribution < 1.29 is 8.42 Å². The highest BCUT2D eigenvalue weighted by molar-refractivity contribution is 7.89. The molecular formula is C32H34Cl2N6O3S. The van der Waals surface area contributed by atoms with Crippen molar-refractivity contribution >= 4 is 44.6 Å². The number of nitrogens with one attached hydrogen (secondary N) is 1. The van der Waals surface area contributed by atoms with Crippen LogP contribution in [-0.2, 0) is 16.6 Å². The van der Waals surface area contributed by atoms with E-state index in [4.69, 9.17) is 23.2 Å². The van der Waals surface area contributed by atoms with Crippen LogP contribution in [0.25, 0.3) is 5.69 Å². The first-order valence-corrected chi connectivity index (χ1v) is 16.9. The molecule has 1 N–H and O–H groups in total. The predicted octanol–water partition coefficient (Wildman–Crippen LogP) is 5.13. The fourth-order valence-electron chi connectivity index (χ4n) is 5.84. The zero-order valence-electron chi connectivity index (χ0n) is 24.1. The van der Waals surface area contributed by atoms with Crippen molar-refractivity contribution in [3.05, 3.63) is 111 Å². The van der Waals surface area contributed by atoms with Crippen LogP contribution in [0.1, 0.15) is 18.4 Å². The maximum Gasteiger partial charge on any atom is 0.296 e. The molecule has 2 aliphatic heterocycles. The van der Waals surface area contributed by atoms with Crippen molar-refractivity contribution in [2.24, 2.45) is 0 Å². The van der Waals surface area contributed by atoms with Gasteiger partial charge in [-0.15, -0.1) is 0 Å². The number of rotatable bonds is 8. The van der Waals surface area contributed by atoms with Crippen LogP contribution in [0, 0.1) is 0 Å². The molecule has 0 aliphatic carbocycles. The number of nitrogens with zero attached hydrogens (tertiary/aromatic N) is 5. The van der Waals surface area contributed by atoms with Gasteiger partial charge in [0.1, 0.15) is 10.6 Å². The van der Waals surface area contributed by atoms with Gasteiger partial charge in [-0.05, 0) is 48.7 Å². The van der Waals surface area contributed by atoms with Crippen LogP contribution in [0.4, 0.5) is 11.4 Å². The van der Waals surface area contributed by atoms with E-state index in [1.165, 1.54) is 26.7 Å². The molecule has 3 heterocycles. The zero-order chi connectivity index (χ0) is 30.7. The quantitative estimate of drug-likeness (QED) is 0.282. The molecule has 12 heteroatoms. The lowest BCUT2D eigenvalue weighted by Gasteiger charge is -2.37. The Bertz CT molecular complexity index is 1760. The third-order valence-corrected chi connectivity index (χ3v) is 10.8. The van der Waals surface area contributed by atoms with Crippen molar-refractivity contribution in [1.29, 1.82) is 0 Å². The summed E-state index contributed by atoms with van der Waals surface area (Å²) < 4.78 is 29.7. The smallest absolute Gasteiger partial charge is 0.296 e. The molecule has 2 aliphatic rings. The molecule has 44 heavy (non-hydrogen) atoms. The van der Waals surface area contributed by atoms with Crippen molar-refractivity contribution in [3.8, 4) is 5.69 Å². The third kappa shape index (κ3) is 6.64. The number of sulfonamides is 1. The van der Waals surface area contributed by atoms with Crippen LogP contribution < -0.4 is 15.8 Å². The first-order valence-electron chi connectivity index (χ1n) is 14.7. The number of para-hydroxylation sites is 1. The van der Waals surface area contributed by atoms with Gasteiger partial charge in [0.15, 0.2) is 0 Å². The second-order valence-corrected chi connectivity index (χ2v) is 13.9. The molecular weight excluding hydrogens is 619 g/mol. The maximum absolute atomic E-state index is 14.0. The number of hydrogen-bond acceptors (Lipinski definition) is 7. The minimum absolute atomic E-state index is 0.00629. The summed E-state index contributed by atoms with van der Waals surface area (Å²) in [4.78, 5) is 18.4. The molecule has 4 aromatic rings. The van der Waals surface area contributed by atoms with Gasteiger partial charge in [0.2, 0.25) is 10.0 Å². The van der Waals surface area contributed by atoms with Crippen molar-refractivity contribution in [3.63, 3.8) is 0 Å². The normalized spacial score (nSPS) is 17.1. The summed E-state index contributed by atoms with van der Waals surface area (Å²) in [6, 6.07) is 24.4. The summed E-state index contributed by atoms with van der Waals surface area (Å²) in [7, 11) is -3.84. The Morgan fingerprint density at radius 1 is 0.841 bits per heavy atom. The minimum Gasteiger partial charge on any atom is -0.376 e. The Kier molecular flexibility index (Phi) is 9.25. The van der Waals surface area contributed by atoms with Crippen LogP contribution in [0.3, 0.4) is 0 Å². The van der Waals surface area contributed by atoms with Crippen LogP contribution in [0.2, 0.25) is 10.0 Å². The largest absolute Gasteiger partial charge is 0.376 e. The number of aromatic nitrogens is 2. The molecule has 0 bridgehead atoms. The van der Waals surface area contributed by atoms with E-state index in [1.54, 1.807) is 12.3 Å². The van der Waals surface area contributed by atoms with Crippen molar-refractivity contribution in [1.82, 2.24) is 19.0 Å². The Balaban J connectivity index is 1.21. The van der Waals surface area contributed by atoms with Crippen LogP contribution >= 0.6 is 23.2 Å². The summed E-state index contributed by atoms with van der Waals surface area (Å²) >= 11 is 12.3. The Labute approximate surface area is 267 Å². The fourth-order valence-corrected chi connectivity index (χ4v) is 8.00. The Morgan fingerprint density at radius 3 is 2.18 bits per heavy atom. The van der Waals surface area contributed by atoms with Gasteiger partial charge >= 0.3 is 0 Å². The second kappa shape index (κ2) is 13.3. The van der Waals surface area contributed by atoms with E-state index in [1.807, 2.05) is 41.3 Å². The highest BCUT2D eigenvalue weighted by Gasteiger charge is 2.32. The Morgan fingerprint density at radius 2 is 1.50 bits per heavy atom. The van der Waals surface area contributed by atoms with Gasteiger partial charge in [-0.2, -0.15) is 14.1 Å². The van der Waals surface area contributed by atoms with E-state index in [9.17, 15) is 13.2 Å². The molecule has 3 aromatic carbocycles. The number of piperidine rings is 1. The number of halogens is 2. The molecule has 2 fully saturated rings. The standard InChI is InChI=1S/C32H34Cl2N6O3S/c33-25-11-12-28(34)30(21-25)44(42,43)39-19-17-38(18-20-39)29-22-35-40(27-9-5-2-6-10-27)32(41)31(29)36-26-13-15-37(16-14-26)23-24-7-3-1-4-8-24/h1-12,21-22,26,36H,13-20,23H2. The monoisotopic (exact) mass is 652 g/mol. The molecule has 0 amide bonds. The first kappa shape index (κ1) is 30.6. The predicted molar refractivity (Wildman–Crippen MR) is 176 cm³/mol. The first-order chi connectivity index (χ1) is 21.3. The summed E-state index contributed by atoms with van der Waals surface area (Å²) in [6.45, 7) is 3.97. The number of likely N-dealkylation sites (tertiary alicyclic amines) is 1. The van der Waals surface area contributed by atoms with E-state index in [2.05, 4.69) is 39.6 Å². The summed E-state index contributed by atoms with van der Waals surface area (Å²) in [6.07, 6.45) is 3.50. The number of benzene rings is 3. The van der Waals surface area contributed by atoms with Gasteiger partial charge in [0, 0.05) is 56.9 Å². The molecule has 0 radical (unpaired) electrons. The fraction of sp³-hybridized carbons (Fsp3) is 0.312. The summed E-state index contributed by atoms with van der Waals surface area (Å²) in [5, 5.41) is 8.54. The second-order valence-electron chi connectivity index (χ2n) is 11.1. The van der Waals surface area contributed by atoms with Crippen LogP contribution in [-0.4, -0.2) is 72.7 Å². The minimum atomic E-state index is -3.84. The van der Waals surface area contributed by atoms with Gasteiger partial charge in [-0.1, -0.05) is 71.7 Å². The maximum atomic E-state index is 14.0. The lowest BCUT2D eigenvalue weighted by molar-refractivity contribution is 0.211. The highest BCUT2D eigenvalue weighted by atomic mass is 35.5. The molecule has 230 valence electrons. The summed E-state index contributed by atoms with van der Waals surface area (Å²) in [5.74, 6) is 0. The van der Waals surface area contributed by atoms with Crippen molar-refractivity contribution in [2.45, 2.75) is 30.3 Å². The molecule has 6 rings (SSSR count). The van der Waals surface area contributed by atoms with Crippen LogP contribution in [0.5, 0.6) is 0 Å². The van der Waals surface area contributed by atoms with Gasteiger partial charge in [0.05, 0.1) is 22.6 Å².